The Morgan fingerprint density at radius 1 is 1.36 bits per heavy atom. The quantitative estimate of drug-likeness (QED) is 0.770. The maximum absolute atomic E-state index is 12.1. The van der Waals surface area contributed by atoms with Crippen LogP contribution >= 0.6 is 0 Å². The Morgan fingerprint density at radius 3 is 2.96 bits per heavy atom. The summed E-state index contributed by atoms with van der Waals surface area (Å²) in [6, 6.07) is 8.88. The maximum Gasteiger partial charge on any atom is 0.260 e. The zero-order chi connectivity index (χ0) is 18.1. The van der Waals surface area contributed by atoms with Crippen LogP contribution in [0.5, 0.6) is 5.75 Å². The SMILES string of the molecule is CC(Oc1ccccc1C#N)C(=O)NCCCN1CCCCCC1=O. The average Bonchev–Trinajstić information content (AvgIpc) is 2.83. The fourth-order valence-electron chi connectivity index (χ4n) is 2.81. The predicted octanol–water partition coefficient (Wildman–Crippen LogP) is 2.23. The number of carbonyl (C=O) groups excluding carboxylic acids is 2. The van der Waals surface area contributed by atoms with Crippen molar-refractivity contribution in [2.24, 2.45) is 0 Å². The number of para-hydroxylation sites is 1. The first-order valence-electron chi connectivity index (χ1n) is 8.83. The first-order chi connectivity index (χ1) is 12.1. The van der Waals surface area contributed by atoms with Gasteiger partial charge in [0.1, 0.15) is 11.8 Å². The second-order valence-corrected chi connectivity index (χ2v) is 6.20. The van der Waals surface area contributed by atoms with E-state index in [1.807, 2.05) is 11.0 Å². The van der Waals surface area contributed by atoms with Gasteiger partial charge in [0.15, 0.2) is 6.10 Å². The van der Waals surface area contributed by atoms with Gasteiger partial charge in [-0.05, 0) is 38.3 Å². The van der Waals surface area contributed by atoms with E-state index in [-0.39, 0.29) is 11.8 Å². The minimum Gasteiger partial charge on any atom is -0.480 e. The fraction of sp³-hybridized carbons (Fsp3) is 0.526. The van der Waals surface area contributed by atoms with E-state index in [1.54, 1.807) is 31.2 Å². The summed E-state index contributed by atoms with van der Waals surface area (Å²) in [5.74, 6) is 0.395. The summed E-state index contributed by atoms with van der Waals surface area (Å²) in [6.45, 7) is 3.64. The van der Waals surface area contributed by atoms with Crippen LogP contribution in [0, 0.1) is 11.3 Å². The molecule has 1 N–H and O–H groups in total. The van der Waals surface area contributed by atoms with Crippen LogP contribution in [0.25, 0.3) is 0 Å². The number of amides is 2. The summed E-state index contributed by atoms with van der Waals surface area (Å²) in [7, 11) is 0. The third-order valence-electron chi connectivity index (χ3n) is 4.26. The molecule has 1 unspecified atom stereocenters. The van der Waals surface area contributed by atoms with Gasteiger partial charge in [0, 0.05) is 26.1 Å². The van der Waals surface area contributed by atoms with Gasteiger partial charge in [-0.15, -0.1) is 0 Å². The van der Waals surface area contributed by atoms with Crippen molar-refractivity contribution in [2.45, 2.75) is 45.1 Å². The number of hydrogen-bond acceptors (Lipinski definition) is 4. The summed E-state index contributed by atoms with van der Waals surface area (Å²) < 4.78 is 5.58. The molecule has 1 atom stereocenters. The normalized spacial score (nSPS) is 15.8. The Bertz CT molecular complexity index is 639. The number of nitriles is 1. The average molecular weight is 343 g/mol. The smallest absolute Gasteiger partial charge is 0.260 e. The zero-order valence-corrected chi connectivity index (χ0v) is 14.7. The van der Waals surface area contributed by atoms with Crippen molar-refractivity contribution in [1.29, 1.82) is 5.26 Å². The number of likely N-dealkylation sites (tertiary alicyclic amines) is 1. The van der Waals surface area contributed by atoms with E-state index in [1.165, 1.54) is 0 Å². The van der Waals surface area contributed by atoms with Crippen LogP contribution in [-0.2, 0) is 9.59 Å². The lowest BCUT2D eigenvalue weighted by molar-refractivity contribution is -0.130. The van der Waals surface area contributed by atoms with Gasteiger partial charge in [0.05, 0.1) is 5.56 Å². The van der Waals surface area contributed by atoms with E-state index in [4.69, 9.17) is 10.00 Å². The van der Waals surface area contributed by atoms with Crippen molar-refractivity contribution in [3.8, 4) is 11.8 Å². The van der Waals surface area contributed by atoms with Crippen molar-refractivity contribution >= 4 is 11.8 Å². The van der Waals surface area contributed by atoms with Crippen molar-refractivity contribution in [3.63, 3.8) is 0 Å². The highest BCUT2D eigenvalue weighted by atomic mass is 16.5. The van der Waals surface area contributed by atoms with Gasteiger partial charge < -0.3 is 15.0 Å². The Labute approximate surface area is 148 Å². The molecule has 1 aliphatic heterocycles. The minimum absolute atomic E-state index is 0.216. The summed E-state index contributed by atoms with van der Waals surface area (Å²) in [6.07, 6.45) is 3.81. The molecule has 0 spiro atoms. The first-order valence-corrected chi connectivity index (χ1v) is 8.83. The molecule has 0 aromatic heterocycles. The van der Waals surface area contributed by atoms with Crippen LogP contribution in [0.3, 0.4) is 0 Å². The van der Waals surface area contributed by atoms with Gasteiger partial charge in [-0.1, -0.05) is 18.6 Å². The second-order valence-electron chi connectivity index (χ2n) is 6.20. The van der Waals surface area contributed by atoms with E-state index in [2.05, 4.69) is 5.32 Å². The third-order valence-corrected chi connectivity index (χ3v) is 4.26. The molecular formula is C19H25N3O3. The molecule has 1 aliphatic rings. The van der Waals surface area contributed by atoms with Crippen LogP contribution in [0.4, 0.5) is 0 Å². The highest BCUT2D eigenvalue weighted by Gasteiger charge is 2.18. The molecule has 134 valence electrons. The molecule has 6 nitrogen and oxygen atoms in total. The van der Waals surface area contributed by atoms with Crippen molar-refractivity contribution in [2.75, 3.05) is 19.6 Å². The van der Waals surface area contributed by atoms with Crippen LogP contribution in [0.2, 0.25) is 0 Å². The van der Waals surface area contributed by atoms with Gasteiger partial charge in [0.25, 0.3) is 5.91 Å². The lowest BCUT2D eigenvalue weighted by atomic mass is 10.2. The standard InChI is InChI=1S/C19H25N3O3/c1-15(25-17-9-5-4-8-16(17)14-20)19(24)21-11-7-13-22-12-6-2-3-10-18(22)23/h4-5,8-9,15H,2-3,6-7,10-13H2,1H3,(H,21,24). The minimum atomic E-state index is -0.686. The number of nitrogens with zero attached hydrogens (tertiary/aromatic N) is 2. The van der Waals surface area contributed by atoms with Crippen LogP contribution in [-0.4, -0.2) is 42.5 Å². The molecule has 2 rings (SSSR count). The molecule has 1 aromatic carbocycles. The molecule has 0 saturated carbocycles. The molecular weight excluding hydrogens is 318 g/mol. The van der Waals surface area contributed by atoms with E-state index >= 15 is 0 Å². The van der Waals surface area contributed by atoms with Crippen LogP contribution in [0.15, 0.2) is 24.3 Å². The van der Waals surface area contributed by atoms with E-state index in [9.17, 15) is 9.59 Å². The molecule has 1 aromatic rings. The lowest BCUT2D eigenvalue weighted by Crippen LogP contribution is -2.38. The third kappa shape index (κ3) is 5.79. The Hall–Kier alpha value is -2.55. The van der Waals surface area contributed by atoms with Crippen molar-refractivity contribution < 1.29 is 14.3 Å². The van der Waals surface area contributed by atoms with Crippen molar-refractivity contribution in [3.05, 3.63) is 29.8 Å². The van der Waals surface area contributed by atoms with Gasteiger partial charge in [-0.2, -0.15) is 5.26 Å². The molecule has 2 amide bonds. The molecule has 1 fully saturated rings. The largest absolute Gasteiger partial charge is 0.480 e. The first kappa shape index (κ1) is 18.8. The Morgan fingerprint density at radius 2 is 2.16 bits per heavy atom. The second kappa shape index (κ2) is 9.67. The maximum atomic E-state index is 12.1. The number of carbonyl (C=O) groups is 2. The number of benzene rings is 1. The van der Waals surface area contributed by atoms with E-state index in [0.717, 1.165) is 32.2 Å². The zero-order valence-electron chi connectivity index (χ0n) is 14.7. The summed E-state index contributed by atoms with van der Waals surface area (Å²) in [4.78, 5) is 25.9. The molecule has 0 radical (unpaired) electrons. The van der Waals surface area contributed by atoms with Gasteiger partial charge in [-0.3, -0.25) is 9.59 Å². The summed E-state index contributed by atoms with van der Waals surface area (Å²) in [5.41, 5.74) is 0.404. The Balaban J connectivity index is 1.72. The lowest BCUT2D eigenvalue weighted by Gasteiger charge is -2.21. The van der Waals surface area contributed by atoms with Crippen LogP contribution < -0.4 is 10.1 Å². The van der Waals surface area contributed by atoms with Gasteiger partial charge in [-0.25, -0.2) is 0 Å². The van der Waals surface area contributed by atoms with E-state index < -0.39 is 6.10 Å². The highest BCUT2D eigenvalue weighted by Crippen LogP contribution is 2.18. The van der Waals surface area contributed by atoms with Crippen molar-refractivity contribution in [1.82, 2.24) is 10.2 Å². The number of nitrogens with one attached hydrogen (secondary N) is 1. The van der Waals surface area contributed by atoms with Gasteiger partial charge in [0.2, 0.25) is 5.91 Å². The monoisotopic (exact) mass is 343 g/mol. The molecule has 0 bridgehead atoms. The van der Waals surface area contributed by atoms with Gasteiger partial charge >= 0.3 is 0 Å². The highest BCUT2D eigenvalue weighted by molar-refractivity contribution is 5.80. The molecule has 6 heteroatoms. The number of hydrogen-bond donors (Lipinski definition) is 1. The predicted molar refractivity (Wildman–Crippen MR) is 93.9 cm³/mol. The molecule has 1 saturated heterocycles. The number of rotatable bonds is 7. The molecule has 25 heavy (non-hydrogen) atoms. The molecule has 1 heterocycles. The molecule has 0 aliphatic carbocycles. The van der Waals surface area contributed by atoms with Crippen LogP contribution in [0.1, 0.15) is 44.6 Å². The topological polar surface area (TPSA) is 82.4 Å². The summed E-state index contributed by atoms with van der Waals surface area (Å²) >= 11 is 0. The fourth-order valence-corrected chi connectivity index (χ4v) is 2.81. The number of ether oxygens (including phenoxy) is 1. The van der Waals surface area contributed by atoms with E-state index in [0.29, 0.717) is 30.8 Å². The summed E-state index contributed by atoms with van der Waals surface area (Å²) in [5, 5.41) is 11.9. The Kier molecular flexibility index (Phi) is 7.27.